The Labute approximate surface area is 106 Å². The molecule has 2 aromatic rings. The summed E-state index contributed by atoms with van der Waals surface area (Å²) in [4.78, 5) is 8.38. The van der Waals surface area contributed by atoms with Crippen molar-refractivity contribution in [1.29, 1.82) is 0 Å². The molecule has 6 heteroatoms. The van der Waals surface area contributed by atoms with Crippen LogP contribution >= 0.6 is 0 Å². The van der Waals surface area contributed by atoms with E-state index in [0.717, 1.165) is 16.9 Å². The lowest BCUT2D eigenvalue weighted by Crippen LogP contribution is -2.15. The van der Waals surface area contributed by atoms with Crippen molar-refractivity contribution in [3.8, 4) is 0 Å². The van der Waals surface area contributed by atoms with Gasteiger partial charge in [0.2, 0.25) is 0 Å². The Kier molecular flexibility index (Phi) is 3.78. The Bertz CT molecular complexity index is 495. The highest BCUT2D eigenvalue weighted by atomic mass is 16.3. The number of nitrogens with two attached hydrogens (primary N) is 1. The number of hydrazine groups is 1. The van der Waals surface area contributed by atoms with E-state index in [0.29, 0.717) is 12.4 Å². The molecule has 2 aromatic heterocycles. The fourth-order valence-corrected chi connectivity index (χ4v) is 1.78. The maximum Gasteiger partial charge on any atom is 0.148 e. The molecule has 96 valence electrons. The second-order valence-electron chi connectivity index (χ2n) is 4.27. The van der Waals surface area contributed by atoms with Crippen LogP contribution in [-0.4, -0.2) is 9.97 Å². The minimum absolute atomic E-state index is 0.268. The second-order valence-corrected chi connectivity index (χ2v) is 4.27. The van der Waals surface area contributed by atoms with Crippen LogP contribution in [0, 0.1) is 0 Å². The fourth-order valence-electron chi connectivity index (χ4n) is 1.78. The third-order valence-electron chi connectivity index (χ3n) is 2.64. The quantitative estimate of drug-likeness (QED) is 0.554. The van der Waals surface area contributed by atoms with E-state index < -0.39 is 0 Å². The van der Waals surface area contributed by atoms with Gasteiger partial charge in [0.05, 0.1) is 12.5 Å². The molecule has 18 heavy (non-hydrogen) atoms. The molecule has 0 saturated carbocycles. The molecule has 0 spiro atoms. The largest absolute Gasteiger partial charge is 0.472 e. The number of hydrogen-bond donors (Lipinski definition) is 3. The molecular formula is C12H17N5O. The van der Waals surface area contributed by atoms with Crippen molar-refractivity contribution >= 4 is 11.6 Å². The molecule has 0 aliphatic carbocycles. The first-order chi connectivity index (χ1) is 8.72. The van der Waals surface area contributed by atoms with Gasteiger partial charge < -0.3 is 15.2 Å². The van der Waals surface area contributed by atoms with E-state index >= 15 is 0 Å². The number of nitrogens with zero attached hydrogens (tertiary/aromatic N) is 2. The van der Waals surface area contributed by atoms with Crippen LogP contribution in [0.4, 0.5) is 11.6 Å². The average molecular weight is 247 g/mol. The Morgan fingerprint density at radius 2 is 2.11 bits per heavy atom. The van der Waals surface area contributed by atoms with E-state index in [4.69, 9.17) is 10.3 Å². The molecule has 2 rings (SSSR count). The van der Waals surface area contributed by atoms with Gasteiger partial charge in [0.15, 0.2) is 0 Å². The van der Waals surface area contributed by atoms with Gasteiger partial charge in [-0.15, -0.1) is 0 Å². The number of aromatic nitrogens is 2. The topological polar surface area (TPSA) is 89.0 Å². The molecule has 0 aromatic carbocycles. The zero-order valence-electron chi connectivity index (χ0n) is 10.5. The van der Waals surface area contributed by atoms with E-state index in [1.54, 1.807) is 12.5 Å². The minimum Gasteiger partial charge on any atom is -0.472 e. The van der Waals surface area contributed by atoms with Gasteiger partial charge in [-0.1, -0.05) is 13.8 Å². The predicted molar refractivity (Wildman–Crippen MR) is 70.0 cm³/mol. The van der Waals surface area contributed by atoms with E-state index in [9.17, 15) is 0 Å². The normalized spacial score (nSPS) is 10.7. The van der Waals surface area contributed by atoms with Gasteiger partial charge in [0.1, 0.15) is 18.0 Å². The van der Waals surface area contributed by atoms with Gasteiger partial charge in [0.25, 0.3) is 0 Å². The third-order valence-corrected chi connectivity index (χ3v) is 2.64. The summed E-state index contributed by atoms with van der Waals surface area (Å²) < 4.78 is 5.02. The van der Waals surface area contributed by atoms with Crippen molar-refractivity contribution in [1.82, 2.24) is 9.97 Å². The van der Waals surface area contributed by atoms with Gasteiger partial charge in [0, 0.05) is 17.7 Å². The lowest BCUT2D eigenvalue weighted by Gasteiger charge is -2.16. The summed E-state index contributed by atoms with van der Waals surface area (Å²) in [5.74, 6) is 7.17. The fraction of sp³-hybridized carbons (Fsp3) is 0.333. The minimum atomic E-state index is 0.268. The molecule has 0 fully saturated rings. The van der Waals surface area contributed by atoms with Crippen molar-refractivity contribution in [3.05, 3.63) is 36.0 Å². The van der Waals surface area contributed by atoms with E-state index in [1.165, 1.54) is 6.33 Å². The van der Waals surface area contributed by atoms with Crippen molar-refractivity contribution in [3.63, 3.8) is 0 Å². The first-order valence-electron chi connectivity index (χ1n) is 5.78. The van der Waals surface area contributed by atoms with Crippen molar-refractivity contribution in [2.75, 3.05) is 10.7 Å². The van der Waals surface area contributed by atoms with Crippen LogP contribution in [0.25, 0.3) is 0 Å². The number of furan rings is 1. The summed E-state index contributed by atoms with van der Waals surface area (Å²) in [6.07, 6.45) is 4.83. The molecule has 0 saturated heterocycles. The predicted octanol–water partition coefficient (Wildman–Crippen LogP) is 2.09. The highest BCUT2D eigenvalue weighted by Crippen LogP contribution is 2.27. The number of nitrogens with one attached hydrogen (secondary N) is 2. The molecule has 0 bridgehead atoms. The molecule has 2 heterocycles. The summed E-state index contributed by atoms with van der Waals surface area (Å²) in [5.41, 5.74) is 4.64. The molecule has 0 aliphatic rings. The SMILES string of the molecule is CC(C)c1c(NN)ncnc1NCc1ccoc1. The zero-order chi connectivity index (χ0) is 13.0. The smallest absolute Gasteiger partial charge is 0.148 e. The molecule has 0 aliphatic heterocycles. The first kappa shape index (κ1) is 12.4. The van der Waals surface area contributed by atoms with Gasteiger partial charge in [-0.25, -0.2) is 15.8 Å². The van der Waals surface area contributed by atoms with Gasteiger partial charge in [-0.05, 0) is 12.0 Å². The second kappa shape index (κ2) is 5.50. The van der Waals surface area contributed by atoms with Crippen LogP contribution in [0.2, 0.25) is 0 Å². The highest BCUT2D eigenvalue weighted by Gasteiger charge is 2.14. The molecular weight excluding hydrogens is 230 g/mol. The van der Waals surface area contributed by atoms with E-state index in [2.05, 4.69) is 34.6 Å². The number of hydrogen-bond acceptors (Lipinski definition) is 6. The summed E-state index contributed by atoms with van der Waals surface area (Å²) in [6, 6.07) is 1.91. The van der Waals surface area contributed by atoms with Gasteiger partial charge in [-0.3, -0.25) is 0 Å². The van der Waals surface area contributed by atoms with Gasteiger partial charge in [-0.2, -0.15) is 0 Å². The van der Waals surface area contributed by atoms with Crippen LogP contribution < -0.4 is 16.6 Å². The van der Waals surface area contributed by atoms with Crippen LogP contribution in [0.15, 0.2) is 29.3 Å². The Morgan fingerprint density at radius 1 is 1.33 bits per heavy atom. The first-order valence-corrected chi connectivity index (χ1v) is 5.78. The van der Waals surface area contributed by atoms with Crippen molar-refractivity contribution < 1.29 is 4.42 Å². The number of rotatable bonds is 5. The monoisotopic (exact) mass is 247 g/mol. The molecule has 0 radical (unpaired) electrons. The summed E-state index contributed by atoms with van der Waals surface area (Å²) in [6.45, 7) is 4.79. The van der Waals surface area contributed by atoms with Gasteiger partial charge >= 0.3 is 0 Å². The third kappa shape index (κ3) is 2.60. The zero-order valence-corrected chi connectivity index (χ0v) is 10.5. The van der Waals surface area contributed by atoms with Crippen LogP contribution in [0.3, 0.4) is 0 Å². The Balaban J connectivity index is 2.21. The number of anilines is 2. The molecule has 6 nitrogen and oxygen atoms in total. The molecule has 0 atom stereocenters. The summed E-state index contributed by atoms with van der Waals surface area (Å²) >= 11 is 0. The summed E-state index contributed by atoms with van der Waals surface area (Å²) in [5, 5.41) is 3.27. The Hall–Kier alpha value is -2.08. The highest BCUT2D eigenvalue weighted by molar-refractivity contribution is 5.58. The maximum absolute atomic E-state index is 5.47. The molecule has 0 unspecified atom stereocenters. The van der Waals surface area contributed by atoms with E-state index in [-0.39, 0.29) is 5.92 Å². The van der Waals surface area contributed by atoms with Crippen molar-refractivity contribution in [2.45, 2.75) is 26.3 Å². The van der Waals surface area contributed by atoms with Crippen LogP contribution in [-0.2, 0) is 6.54 Å². The Morgan fingerprint density at radius 3 is 2.72 bits per heavy atom. The molecule has 4 N–H and O–H groups in total. The maximum atomic E-state index is 5.47. The lowest BCUT2D eigenvalue weighted by molar-refractivity contribution is 0.564. The van der Waals surface area contributed by atoms with E-state index in [1.807, 2.05) is 6.07 Å². The number of nitrogen functional groups attached to an aromatic ring is 1. The lowest BCUT2D eigenvalue weighted by atomic mass is 10.0. The average Bonchev–Trinajstić information content (AvgIpc) is 2.88. The molecule has 0 amide bonds. The van der Waals surface area contributed by atoms with Crippen molar-refractivity contribution in [2.24, 2.45) is 5.84 Å². The standard InChI is InChI=1S/C12H17N5O/c1-8(2)10-11(15-7-16-12(10)17-13)14-5-9-3-4-18-6-9/h3-4,6-8H,5,13H2,1-2H3,(H2,14,15,16,17). The van der Waals surface area contributed by atoms with Crippen LogP contribution in [0.5, 0.6) is 0 Å². The van der Waals surface area contributed by atoms with Crippen LogP contribution in [0.1, 0.15) is 30.9 Å². The summed E-state index contributed by atoms with van der Waals surface area (Å²) in [7, 11) is 0.